The van der Waals surface area contributed by atoms with Crippen LogP contribution >= 0.6 is 27.3 Å². The van der Waals surface area contributed by atoms with Gasteiger partial charge in [0.1, 0.15) is 9.90 Å². The van der Waals surface area contributed by atoms with E-state index < -0.39 is 27.9 Å². The zero-order valence-corrected chi connectivity index (χ0v) is 15.4. The second-order valence-electron chi connectivity index (χ2n) is 5.37. The SMILES string of the molecule is O=S(=O)(c1sccc1Br)N1CCCC(n2nccc2C(F)(F)F)C1. The molecule has 1 atom stereocenters. The lowest BCUT2D eigenvalue weighted by molar-refractivity contribution is -0.145. The molecule has 1 unspecified atom stereocenters. The maximum Gasteiger partial charge on any atom is 0.433 e. The van der Waals surface area contributed by atoms with Crippen molar-refractivity contribution in [2.75, 3.05) is 13.1 Å². The summed E-state index contributed by atoms with van der Waals surface area (Å²) in [5.74, 6) is 0. The molecule has 0 radical (unpaired) electrons. The second-order valence-corrected chi connectivity index (χ2v) is 9.28. The Morgan fingerprint density at radius 3 is 2.71 bits per heavy atom. The Kier molecular flexibility index (Phi) is 4.80. The van der Waals surface area contributed by atoms with E-state index in [1.54, 1.807) is 11.4 Å². The summed E-state index contributed by atoms with van der Waals surface area (Å²) in [5, 5.41) is 5.42. The maximum absolute atomic E-state index is 13.0. The quantitative estimate of drug-likeness (QED) is 0.725. The number of aromatic nitrogens is 2. The molecular weight excluding hydrogens is 431 g/mol. The number of piperidine rings is 1. The summed E-state index contributed by atoms with van der Waals surface area (Å²) in [5.41, 5.74) is -0.857. The van der Waals surface area contributed by atoms with Crippen molar-refractivity contribution < 1.29 is 21.6 Å². The summed E-state index contributed by atoms with van der Waals surface area (Å²) in [7, 11) is -3.74. The van der Waals surface area contributed by atoms with Crippen LogP contribution in [0.2, 0.25) is 0 Å². The van der Waals surface area contributed by atoms with E-state index >= 15 is 0 Å². The van der Waals surface area contributed by atoms with Gasteiger partial charge in [0.15, 0.2) is 0 Å². The Balaban J connectivity index is 1.88. The summed E-state index contributed by atoms with van der Waals surface area (Å²) in [4.78, 5) is 0. The number of nitrogens with zero attached hydrogens (tertiary/aromatic N) is 3. The van der Waals surface area contributed by atoms with Crippen LogP contribution in [0.15, 0.2) is 32.4 Å². The lowest BCUT2D eigenvalue weighted by Crippen LogP contribution is -2.41. The number of sulfonamides is 1. The van der Waals surface area contributed by atoms with E-state index in [2.05, 4.69) is 21.0 Å². The van der Waals surface area contributed by atoms with Crippen LogP contribution in [0.4, 0.5) is 13.2 Å². The first-order valence-electron chi connectivity index (χ1n) is 7.05. The van der Waals surface area contributed by atoms with Gasteiger partial charge < -0.3 is 0 Å². The second kappa shape index (κ2) is 6.43. The van der Waals surface area contributed by atoms with Crippen LogP contribution in [0.25, 0.3) is 0 Å². The number of alkyl halides is 3. The standard InChI is InChI=1S/C13H13BrF3N3O2S2/c14-10-4-7-23-12(10)24(21,22)19-6-1-2-9(8-19)20-11(3-5-18-20)13(15,16)17/h3-5,7,9H,1-2,6,8H2. The van der Waals surface area contributed by atoms with Crippen LogP contribution in [0.1, 0.15) is 24.6 Å². The van der Waals surface area contributed by atoms with Gasteiger partial charge in [0.05, 0.1) is 6.04 Å². The van der Waals surface area contributed by atoms with Crippen molar-refractivity contribution >= 4 is 37.3 Å². The molecule has 1 fully saturated rings. The van der Waals surface area contributed by atoms with Crippen LogP contribution in [0, 0.1) is 0 Å². The summed E-state index contributed by atoms with van der Waals surface area (Å²) in [6.45, 7) is 0.253. The first-order valence-corrected chi connectivity index (χ1v) is 10.2. The molecule has 132 valence electrons. The average Bonchev–Trinajstić information content (AvgIpc) is 3.15. The van der Waals surface area contributed by atoms with Crippen molar-refractivity contribution in [1.82, 2.24) is 14.1 Å². The van der Waals surface area contributed by atoms with Crippen molar-refractivity contribution in [2.45, 2.75) is 29.3 Å². The molecule has 1 saturated heterocycles. The first-order chi connectivity index (χ1) is 11.2. The Morgan fingerprint density at radius 2 is 2.08 bits per heavy atom. The zero-order valence-electron chi connectivity index (χ0n) is 12.2. The number of hydrogen-bond donors (Lipinski definition) is 0. The van der Waals surface area contributed by atoms with Gasteiger partial charge in [-0.15, -0.1) is 11.3 Å². The molecule has 0 bridgehead atoms. The molecule has 1 aliphatic heterocycles. The molecule has 0 aliphatic carbocycles. The van der Waals surface area contributed by atoms with E-state index in [1.165, 1.54) is 4.31 Å². The maximum atomic E-state index is 13.0. The van der Waals surface area contributed by atoms with Crippen molar-refractivity contribution in [3.05, 3.63) is 33.9 Å². The van der Waals surface area contributed by atoms with E-state index in [4.69, 9.17) is 0 Å². The Labute approximate surface area is 149 Å². The molecule has 24 heavy (non-hydrogen) atoms. The normalized spacial score (nSPS) is 20.4. The lowest BCUT2D eigenvalue weighted by Gasteiger charge is -2.32. The van der Waals surface area contributed by atoms with Crippen LogP contribution < -0.4 is 0 Å². The monoisotopic (exact) mass is 443 g/mol. The predicted octanol–water partition coefficient (Wildman–Crippen LogP) is 3.75. The molecule has 2 aromatic heterocycles. The van der Waals surface area contributed by atoms with E-state index in [9.17, 15) is 21.6 Å². The third-order valence-electron chi connectivity index (χ3n) is 3.82. The van der Waals surface area contributed by atoms with Crippen LogP contribution in [-0.4, -0.2) is 35.6 Å². The van der Waals surface area contributed by atoms with Gasteiger partial charge in [-0.1, -0.05) is 0 Å². The number of halogens is 4. The van der Waals surface area contributed by atoms with Gasteiger partial charge in [-0.2, -0.15) is 22.6 Å². The summed E-state index contributed by atoms with van der Waals surface area (Å²) < 4.78 is 67.3. The van der Waals surface area contributed by atoms with E-state index in [0.717, 1.165) is 28.3 Å². The summed E-state index contributed by atoms with van der Waals surface area (Å²) in [6.07, 6.45) is -2.51. The van der Waals surface area contributed by atoms with Crippen molar-refractivity contribution in [3.63, 3.8) is 0 Å². The van der Waals surface area contributed by atoms with Crippen molar-refractivity contribution in [2.24, 2.45) is 0 Å². The van der Waals surface area contributed by atoms with E-state index in [0.29, 0.717) is 17.3 Å². The van der Waals surface area contributed by atoms with Crippen molar-refractivity contribution in [1.29, 1.82) is 0 Å². The molecule has 2 aromatic rings. The fourth-order valence-electron chi connectivity index (χ4n) is 2.75. The minimum Gasteiger partial charge on any atom is -0.256 e. The van der Waals surface area contributed by atoms with E-state index in [1.807, 2.05) is 0 Å². The molecule has 11 heteroatoms. The molecule has 0 N–H and O–H groups in total. The molecule has 3 heterocycles. The van der Waals surface area contributed by atoms with Gasteiger partial charge >= 0.3 is 6.18 Å². The average molecular weight is 444 g/mol. The van der Waals surface area contributed by atoms with Gasteiger partial charge in [-0.05, 0) is 46.3 Å². The molecule has 0 aromatic carbocycles. The Hall–Kier alpha value is -0.910. The minimum absolute atomic E-state index is 0.0303. The fourth-order valence-corrected chi connectivity index (χ4v) is 6.72. The van der Waals surface area contributed by atoms with Gasteiger partial charge in [0.25, 0.3) is 10.0 Å². The Bertz CT molecular complexity index is 832. The third-order valence-corrected chi connectivity index (χ3v) is 8.34. The highest BCUT2D eigenvalue weighted by Crippen LogP contribution is 2.36. The number of thiophene rings is 1. The minimum atomic E-state index is -4.52. The molecule has 3 rings (SSSR count). The highest BCUT2D eigenvalue weighted by atomic mass is 79.9. The first kappa shape index (κ1) is 17.9. The van der Waals surface area contributed by atoms with Gasteiger partial charge in [0.2, 0.25) is 0 Å². The van der Waals surface area contributed by atoms with Crippen LogP contribution in [0.3, 0.4) is 0 Å². The van der Waals surface area contributed by atoms with Crippen LogP contribution in [-0.2, 0) is 16.2 Å². The molecule has 1 aliphatic rings. The summed E-state index contributed by atoms with van der Waals surface area (Å²) in [6, 6.07) is 1.90. The molecule has 0 amide bonds. The number of hydrogen-bond acceptors (Lipinski definition) is 4. The van der Waals surface area contributed by atoms with Gasteiger partial charge in [0, 0.05) is 23.8 Å². The van der Waals surface area contributed by atoms with Gasteiger partial charge in [-0.25, -0.2) is 8.42 Å². The zero-order chi connectivity index (χ0) is 17.5. The largest absolute Gasteiger partial charge is 0.433 e. The van der Waals surface area contributed by atoms with Crippen LogP contribution in [0.5, 0.6) is 0 Å². The van der Waals surface area contributed by atoms with Crippen molar-refractivity contribution in [3.8, 4) is 0 Å². The molecule has 5 nitrogen and oxygen atoms in total. The highest BCUT2D eigenvalue weighted by Gasteiger charge is 2.39. The smallest absolute Gasteiger partial charge is 0.256 e. The van der Waals surface area contributed by atoms with Gasteiger partial charge in [-0.3, -0.25) is 4.68 Å². The predicted molar refractivity (Wildman–Crippen MR) is 86.3 cm³/mol. The summed E-state index contributed by atoms with van der Waals surface area (Å²) >= 11 is 4.28. The van der Waals surface area contributed by atoms with E-state index in [-0.39, 0.29) is 17.3 Å². The fraction of sp³-hybridized carbons (Fsp3) is 0.462. The molecular formula is C13H13BrF3N3O2S2. The highest BCUT2D eigenvalue weighted by molar-refractivity contribution is 9.10. The topological polar surface area (TPSA) is 55.2 Å². The number of rotatable bonds is 3. The lowest BCUT2D eigenvalue weighted by atomic mass is 10.1. The molecule has 0 spiro atoms. The Morgan fingerprint density at radius 1 is 1.33 bits per heavy atom. The third kappa shape index (κ3) is 3.26. The molecule has 0 saturated carbocycles.